The van der Waals surface area contributed by atoms with Crippen LogP contribution in [0.1, 0.15) is 58.2 Å². The zero-order valence-electron chi connectivity index (χ0n) is 17.9. The number of hydrogen-bond donors (Lipinski definition) is 2. The number of aliphatic hydroxyl groups excluding tert-OH is 1. The van der Waals surface area contributed by atoms with Gasteiger partial charge in [-0.1, -0.05) is 31.5 Å². The van der Waals surface area contributed by atoms with E-state index in [1.807, 2.05) is 24.3 Å². The van der Waals surface area contributed by atoms with Gasteiger partial charge in [0.1, 0.15) is 0 Å². The standard InChI is InChI=1S/C22H29ClN6O/c1-13(2)18-20-19(27-26-18)21(24-16-8-5-7-15(23)11-16)25-22(29(20)14(3)4)28-10-6-9-17(28)12-30/h5,7-8,11,13-14,17,24,30H,6,9-10,12H2,1-4H3. The fourth-order valence-corrected chi connectivity index (χ4v) is 4.37. The Morgan fingerprint density at radius 1 is 1.23 bits per heavy atom. The zero-order valence-corrected chi connectivity index (χ0v) is 18.7. The third-order valence-corrected chi connectivity index (χ3v) is 5.85. The van der Waals surface area contributed by atoms with Crippen LogP contribution < -0.4 is 10.2 Å². The normalized spacial score (nSPS) is 16.9. The molecule has 1 unspecified atom stereocenters. The van der Waals surface area contributed by atoms with Crippen LogP contribution in [-0.2, 0) is 0 Å². The molecule has 3 aliphatic rings. The van der Waals surface area contributed by atoms with Crippen LogP contribution in [0.5, 0.6) is 0 Å². The molecule has 1 aromatic rings. The van der Waals surface area contributed by atoms with Gasteiger partial charge in [0.2, 0.25) is 5.95 Å². The summed E-state index contributed by atoms with van der Waals surface area (Å²) in [5.41, 5.74) is 3.55. The van der Waals surface area contributed by atoms with E-state index >= 15 is 0 Å². The molecule has 0 saturated carbocycles. The van der Waals surface area contributed by atoms with Gasteiger partial charge >= 0.3 is 0 Å². The van der Waals surface area contributed by atoms with Gasteiger partial charge < -0.3 is 19.9 Å². The van der Waals surface area contributed by atoms with Crippen molar-refractivity contribution in [2.75, 3.05) is 23.4 Å². The molecule has 1 aromatic carbocycles. The molecule has 3 heterocycles. The maximum absolute atomic E-state index is 9.94. The predicted octanol–water partition coefficient (Wildman–Crippen LogP) is 4.84. The van der Waals surface area contributed by atoms with E-state index < -0.39 is 0 Å². The number of benzene rings is 1. The van der Waals surface area contributed by atoms with E-state index in [2.05, 4.69) is 52.7 Å². The summed E-state index contributed by atoms with van der Waals surface area (Å²) in [7, 11) is 0. The average Bonchev–Trinajstić information content (AvgIpc) is 3.34. The van der Waals surface area contributed by atoms with Crippen LogP contribution in [0.4, 0.5) is 17.5 Å². The molecule has 0 bridgehead atoms. The van der Waals surface area contributed by atoms with Gasteiger partial charge in [-0.15, -0.1) is 5.10 Å². The first-order chi connectivity index (χ1) is 14.4. The number of hydrogen-bond acceptors (Lipinski definition) is 6. The Kier molecular flexibility index (Phi) is 5.84. The van der Waals surface area contributed by atoms with Crippen molar-refractivity contribution in [2.24, 2.45) is 0 Å². The zero-order chi connectivity index (χ0) is 21.4. The minimum absolute atomic E-state index is 0.0670. The second-order valence-electron chi connectivity index (χ2n) is 8.47. The lowest BCUT2D eigenvalue weighted by Crippen LogP contribution is -2.36. The van der Waals surface area contributed by atoms with Gasteiger partial charge in [0, 0.05) is 23.3 Å². The molecule has 0 amide bonds. The average molecular weight is 429 g/mol. The number of nitrogens with one attached hydrogen (secondary N) is 1. The molecule has 0 aliphatic carbocycles. The Morgan fingerprint density at radius 3 is 2.70 bits per heavy atom. The van der Waals surface area contributed by atoms with Crippen LogP contribution in [0.15, 0.2) is 24.3 Å². The highest BCUT2D eigenvalue weighted by Gasteiger charge is 2.33. The van der Waals surface area contributed by atoms with Crippen molar-refractivity contribution in [2.45, 2.75) is 58.5 Å². The largest absolute Gasteiger partial charge is 0.394 e. The quantitative estimate of drug-likeness (QED) is 0.584. The van der Waals surface area contributed by atoms with E-state index in [4.69, 9.17) is 16.6 Å². The van der Waals surface area contributed by atoms with Crippen molar-refractivity contribution in [3.8, 4) is 11.4 Å². The summed E-state index contributed by atoms with van der Waals surface area (Å²) in [4.78, 5) is 7.24. The topological polar surface area (TPSA) is 79.1 Å². The molecule has 1 saturated heterocycles. The molecule has 0 aromatic heterocycles. The fourth-order valence-electron chi connectivity index (χ4n) is 4.18. The van der Waals surface area contributed by atoms with Gasteiger partial charge in [-0.2, -0.15) is 10.1 Å². The number of nitrogens with zero attached hydrogens (tertiary/aromatic N) is 5. The van der Waals surface area contributed by atoms with Crippen molar-refractivity contribution >= 4 is 29.1 Å². The summed E-state index contributed by atoms with van der Waals surface area (Å²) < 4.78 is 2.22. The van der Waals surface area contributed by atoms with E-state index in [0.29, 0.717) is 10.8 Å². The first kappa shape index (κ1) is 20.9. The van der Waals surface area contributed by atoms with Gasteiger partial charge in [0.15, 0.2) is 11.5 Å². The Balaban J connectivity index is 1.94. The summed E-state index contributed by atoms with van der Waals surface area (Å²) in [5, 5.41) is 23.0. The second-order valence-corrected chi connectivity index (χ2v) is 8.91. The Labute approximate surface area is 182 Å². The monoisotopic (exact) mass is 428 g/mol. The molecule has 0 spiro atoms. The lowest BCUT2D eigenvalue weighted by atomic mass is 10.1. The molecule has 1 fully saturated rings. The fraction of sp³-hybridized carbons (Fsp3) is 0.500. The number of aliphatic hydroxyl groups is 1. The van der Waals surface area contributed by atoms with Crippen molar-refractivity contribution in [1.82, 2.24) is 19.7 Å². The van der Waals surface area contributed by atoms with Gasteiger partial charge in [0.05, 0.1) is 24.0 Å². The third kappa shape index (κ3) is 3.72. The molecule has 160 valence electrons. The number of rotatable bonds is 6. The van der Waals surface area contributed by atoms with E-state index in [1.165, 1.54) is 0 Å². The summed E-state index contributed by atoms with van der Waals surface area (Å²) in [5.74, 6) is 1.72. The summed E-state index contributed by atoms with van der Waals surface area (Å²) in [6, 6.07) is 7.79. The Hall–Kier alpha value is -2.38. The van der Waals surface area contributed by atoms with Crippen LogP contribution in [0, 0.1) is 0 Å². The molecule has 8 heteroatoms. The minimum atomic E-state index is 0.0670. The van der Waals surface area contributed by atoms with Crippen LogP contribution >= 0.6 is 11.6 Å². The van der Waals surface area contributed by atoms with Gasteiger partial charge in [-0.05, 0) is 50.8 Å². The van der Waals surface area contributed by atoms with Crippen LogP contribution in [0.3, 0.4) is 0 Å². The number of aromatic nitrogens is 4. The maximum atomic E-state index is 9.94. The van der Waals surface area contributed by atoms with Crippen LogP contribution in [0.25, 0.3) is 11.4 Å². The van der Waals surface area contributed by atoms with E-state index in [0.717, 1.165) is 48.1 Å². The summed E-state index contributed by atoms with van der Waals surface area (Å²) >= 11 is 6.19. The smallest absolute Gasteiger partial charge is 0.208 e. The second kappa shape index (κ2) is 8.40. The third-order valence-electron chi connectivity index (χ3n) is 5.61. The van der Waals surface area contributed by atoms with E-state index in [9.17, 15) is 5.11 Å². The highest BCUT2D eigenvalue weighted by Crippen LogP contribution is 2.40. The van der Waals surface area contributed by atoms with Crippen molar-refractivity contribution in [1.29, 1.82) is 0 Å². The van der Waals surface area contributed by atoms with E-state index in [-0.39, 0.29) is 24.6 Å². The molecule has 0 radical (unpaired) electrons. The number of fused-ring (bicyclic) bond motifs is 1. The minimum Gasteiger partial charge on any atom is -0.394 e. The molecule has 7 nitrogen and oxygen atoms in total. The lowest BCUT2D eigenvalue weighted by Gasteiger charge is -2.31. The summed E-state index contributed by atoms with van der Waals surface area (Å²) in [6.45, 7) is 9.54. The van der Waals surface area contributed by atoms with Gasteiger partial charge in [-0.3, -0.25) is 0 Å². The van der Waals surface area contributed by atoms with Crippen molar-refractivity contribution in [3.05, 3.63) is 35.0 Å². The Bertz CT molecular complexity index is 1000. The first-order valence-corrected chi connectivity index (χ1v) is 11.0. The molecule has 4 rings (SSSR count). The molecule has 30 heavy (non-hydrogen) atoms. The highest BCUT2D eigenvalue weighted by molar-refractivity contribution is 6.30. The number of halogens is 1. The molecular weight excluding hydrogens is 400 g/mol. The summed E-state index contributed by atoms with van der Waals surface area (Å²) in [6.07, 6.45) is 1.99. The first-order valence-electron chi connectivity index (χ1n) is 10.6. The van der Waals surface area contributed by atoms with Gasteiger partial charge in [-0.25, -0.2) is 0 Å². The molecular formula is C22H29ClN6O. The predicted molar refractivity (Wildman–Crippen MR) is 121 cm³/mol. The SMILES string of the molecule is CC(C)c1nnc2c(Nc3cccc(Cl)c3)nc(N3CCCC3CO)n(C(C)C)c1-2. The van der Waals surface area contributed by atoms with Crippen molar-refractivity contribution < 1.29 is 5.11 Å². The lowest BCUT2D eigenvalue weighted by molar-refractivity contribution is 0.264. The number of anilines is 3. The van der Waals surface area contributed by atoms with Crippen LogP contribution in [0.2, 0.25) is 5.02 Å². The maximum Gasteiger partial charge on any atom is 0.208 e. The van der Waals surface area contributed by atoms with Gasteiger partial charge in [0.25, 0.3) is 0 Å². The Morgan fingerprint density at radius 2 is 2.03 bits per heavy atom. The highest BCUT2D eigenvalue weighted by atomic mass is 35.5. The van der Waals surface area contributed by atoms with Crippen molar-refractivity contribution in [3.63, 3.8) is 0 Å². The molecule has 1 atom stereocenters. The molecule has 3 aliphatic heterocycles. The molecule has 2 N–H and O–H groups in total. The van der Waals surface area contributed by atoms with E-state index in [1.54, 1.807) is 0 Å². The van der Waals surface area contributed by atoms with Crippen LogP contribution in [-0.4, -0.2) is 44.0 Å².